The summed E-state index contributed by atoms with van der Waals surface area (Å²) in [5.74, 6) is 0. The molecular formula is C12H10N2O. The number of pyridine rings is 1. The molecule has 0 amide bonds. The van der Waals surface area contributed by atoms with Crippen LogP contribution in [0.5, 0.6) is 0 Å². The number of H-pyrrole nitrogens is 2. The number of hydrogen-bond acceptors (Lipinski definition) is 1. The summed E-state index contributed by atoms with van der Waals surface area (Å²) in [6.07, 6.45) is 1.72. The molecule has 0 aliphatic rings. The van der Waals surface area contributed by atoms with E-state index in [0.29, 0.717) is 0 Å². The molecule has 1 aromatic carbocycles. The monoisotopic (exact) mass is 198 g/mol. The molecule has 0 atom stereocenters. The molecule has 0 bridgehead atoms. The van der Waals surface area contributed by atoms with Crippen LogP contribution in [0.3, 0.4) is 0 Å². The van der Waals surface area contributed by atoms with Gasteiger partial charge in [0, 0.05) is 28.6 Å². The van der Waals surface area contributed by atoms with Crippen molar-refractivity contribution in [3.05, 3.63) is 46.4 Å². The minimum Gasteiger partial charge on any atom is -0.353 e. The normalized spacial score (nSPS) is 11.3. The zero-order valence-corrected chi connectivity index (χ0v) is 8.29. The van der Waals surface area contributed by atoms with Gasteiger partial charge < -0.3 is 9.97 Å². The van der Waals surface area contributed by atoms with Crippen LogP contribution in [0, 0.1) is 6.92 Å². The van der Waals surface area contributed by atoms with Gasteiger partial charge in [-0.3, -0.25) is 4.79 Å². The van der Waals surface area contributed by atoms with Crippen LogP contribution in [-0.4, -0.2) is 9.97 Å². The van der Waals surface area contributed by atoms with Crippen molar-refractivity contribution in [2.75, 3.05) is 0 Å². The molecule has 0 spiro atoms. The van der Waals surface area contributed by atoms with Crippen LogP contribution in [0.15, 0.2) is 35.3 Å². The number of aromatic nitrogens is 2. The first-order valence-electron chi connectivity index (χ1n) is 4.85. The highest BCUT2D eigenvalue weighted by Crippen LogP contribution is 2.23. The van der Waals surface area contributed by atoms with E-state index in [1.807, 2.05) is 6.07 Å². The minimum absolute atomic E-state index is 0.0658. The molecule has 3 nitrogen and oxygen atoms in total. The van der Waals surface area contributed by atoms with Gasteiger partial charge in [-0.15, -0.1) is 0 Å². The summed E-state index contributed by atoms with van der Waals surface area (Å²) in [6, 6.07) is 7.81. The molecule has 0 unspecified atom stereocenters. The second-order valence-corrected chi connectivity index (χ2v) is 3.80. The SMILES string of the molecule is Cc1ccc2c(c1)[nH]c1c[nH]c(=O)cc12. The van der Waals surface area contributed by atoms with Crippen molar-refractivity contribution in [1.82, 2.24) is 9.97 Å². The van der Waals surface area contributed by atoms with Crippen LogP contribution in [0.1, 0.15) is 5.56 Å². The number of hydrogen-bond donors (Lipinski definition) is 2. The van der Waals surface area contributed by atoms with E-state index >= 15 is 0 Å². The molecule has 3 rings (SSSR count). The topological polar surface area (TPSA) is 48.6 Å². The Morgan fingerprint density at radius 3 is 2.80 bits per heavy atom. The lowest BCUT2D eigenvalue weighted by atomic mass is 10.1. The predicted molar refractivity (Wildman–Crippen MR) is 61.2 cm³/mol. The van der Waals surface area contributed by atoms with E-state index in [-0.39, 0.29) is 5.56 Å². The molecule has 2 heterocycles. The van der Waals surface area contributed by atoms with Crippen molar-refractivity contribution >= 4 is 21.8 Å². The molecule has 0 saturated heterocycles. The van der Waals surface area contributed by atoms with Crippen molar-refractivity contribution in [2.24, 2.45) is 0 Å². The summed E-state index contributed by atoms with van der Waals surface area (Å²) in [4.78, 5) is 17.2. The average Bonchev–Trinajstić information content (AvgIpc) is 2.54. The highest BCUT2D eigenvalue weighted by molar-refractivity contribution is 6.06. The number of aromatic amines is 2. The minimum atomic E-state index is -0.0658. The highest BCUT2D eigenvalue weighted by Gasteiger charge is 2.03. The van der Waals surface area contributed by atoms with Crippen LogP contribution in [0.2, 0.25) is 0 Å². The highest BCUT2D eigenvalue weighted by atomic mass is 16.1. The van der Waals surface area contributed by atoms with E-state index < -0.39 is 0 Å². The molecule has 3 heteroatoms. The van der Waals surface area contributed by atoms with Gasteiger partial charge in [0.15, 0.2) is 0 Å². The van der Waals surface area contributed by atoms with E-state index in [1.165, 1.54) is 5.56 Å². The van der Waals surface area contributed by atoms with E-state index in [4.69, 9.17) is 0 Å². The van der Waals surface area contributed by atoms with Gasteiger partial charge in [0.2, 0.25) is 5.56 Å². The number of nitrogens with one attached hydrogen (secondary N) is 2. The maximum atomic E-state index is 11.2. The third-order valence-electron chi connectivity index (χ3n) is 2.66. The lowest BCUT2D eigenvalue weighted by Crippen LogP contribution is -2.00. The molecule has 0 radical (unpaired) electrons. The molecule has 74 valence electrons. The van der Waals surface area contributed by atoms with E-state index in [1.54, 1.807) is 12.3 Å². The number of benzene rings is 1. The van der Waals surface area contributed by atoms with Gasteiger partial charge in [0.05, 0.1) is 5.52 Å². The molecule has 3 aromatic rings. The van der Waals surface area contributed by atoms with Crippen LogP contribution in [-0.2, 0) is 0 Å². The van der Waals surface area contributed by atoms with Gasteiger partial charge >= 0.3 is 0 Å². The Morgan fingerprint density at radius 2 is 1.93 bits per heavy atom. The van der Waals surface area contributed by atoms with Crippen LogP contribution >= 0.6 is 0 Å². The summed E-state index contributed by atoms with van der Waals surface area (Å²) in [7, 11) is 0. The average molecular weight is 198 g/mol. The van der Waals surface area contributed by atoms with Crippen LogP contribution < -0.4 is 5.56 Å². The number of fused-ring (bicyclic) bond motifs is 3. The molecule has 0 saturated carbocycles. The lowest BCUT2D eigenvalue weighted by Gasteiger charge is -1.92. The maximum absolute atomic E-state index is 11.2. The van der Waals surface area contributed by atoms with Crippen molar-refractivity contribution < 1.29 is 0 Å². The Labute approximate surface area is 85.8 Å². The lowest BCUT2D eigenvalue weighted by molar-refractivity contribution is 1.26. The van der Waals surface area contributed by atoms with Crippen molar-refractivity contribution in [3.63, 3.8) is 0 Å². The molecule has 0 aliphatic heterocycles. The Morgan fingerprint density at radius 1 is 1.07 bits per heavy atom. The molecule has 0 fully saturated rings. The molecule has 2 aromatic heterocycles. The fourth-order valence-corrected chi connectivity index (χ4v) is 1.94. The quantitative estimate of drug-likeness (QED) is 0.572. The summed E-state index contributed by atoms with van der Waals surface area (Å²) < 4.78 is 0. The van der Waals surface area contributed by atoms with Gasteiger partial charge in [-0.2, -0.15) is 0 Å². The Bertz CT molecular complexity index is 706. The second kappa shape index (κ2) is 2.73. The largest absolute Gasteiger partial charge is 0.353 e. The third kappa shape index (κ3) is 1.16. The summed E-state index contributed by atoms with van der Waals surface area (Å²) in [6.45, 7) is 2.05. The number of aryl methyl sites for hydroxylation is 1. The zero-order valence-electron chi connectivity index (χ0n) is 8.29. The van der Waals surface area contributed by atoms with Gasteiger partial charge in [0.1, 0.15) is 0 Å². The zero-order chi connectivity index (χ0) is 10.4. The molecule has 15 heavy (non-hydrogen) atoms. The first kappa shape index (κ1) is 8.29. The maximum Gasteiger partial charge on any atom is 0.248 e. The van der Waals surface area contributed by atoms with Crippen molar-refractivity contribution in [3.8, 4) is 0 Å². The third-order valence-corrected chi connectivity index (χ3v) is 2.66. The summed E-state index contributed by atoms with van der Waals surface area (Å²) in [5, 5.41) is 2.08. The molecular weight excluding hydrogens is 188 g/mol. The summed E-state index contributed by atoms with van der Waals surface area (Å²) in [5.41, 5.74) is 3.18. The van der Waals surface area contributed by atoms with E-state index in [2.05, 4.69) is 29.0 Å². The fourth-order valence-electron chi connectivity index (χ4n) is 1.94. The number of rotatable bonds is 0. The van der Waals surface area contributed by atoms with Gasteiger partial charge in [-0.05, 0) is 18.6 Å². The molecule has 2 N–H and O–H groups in total. The summed E-state index contributed by atoms with van der Waals surface area (Å²) >= 11 is 0. The van der Waals surface area contributed by atoms with E-state index in [9.17, 15) is 4.79 Å². The van der Waals surface area contributed by atoms with Crippen LogP contribution in [0.4, 0.5) is 0 Å². The smallest absolute Gasteiger partial charge is 0.248 e. The Kier molecular flexibility index (Phi) is 1.51. The Balaban J connectivity index is 2.58. The van der Waals surface area contributed by atoms with Gasteiger partial charge in [-0.1, -0.05) is 12.1 Å². The predicted octanol–water partition coefficient (Wildman–Crippen LogP) is 2.32. The van der Waals surface area contributed by atoms with Gasteiger partial charge in [-0.25, -0.2) is 0 Å². The van der Waals surface area contributed by atoms with Crippen molar-refractivity contribution in [1.29, 1.82) is 0 Å². The standard InChI is InChI=1S/C12H10N2O/c1-7-2-3-8-9-5-12(15)13-6-11(9)14-10(8)4-7/h2-6,14H,1H3,(H,13,15). The first-order chi connectivity index (χ1) is 7.24. The second-order valence-electron chi connectivity index (χ2n) is 3.80. The van der Waals surface area contributed by atoms with Crippen molar-refractivity contribution in [2.45, 2.75) is 6.92 Å². The first-order valence-corrected chi connectivity index (χ1v) is 4.85. The molecule has 0 aliphatic carbocycles. The van der Waals surface area contributed by atoms with Crippen LogP contribution in [0.25, 0.3) is 21.8 Å². The van der Waals surface area contributed by atoms with E-state index in [0.717, 1.165) is 21.8 Å². The van der Waals surface area contributed by atoms with Gasteiger partial charge in [0.25, 0.3) is 0 Å². The Hall–Kier alpha value is -2.03. The fraction of sp³-hybridized carbons (Fsp3) is 0.0833.